The van der Waals surface area contributed by atoms with Crippen molar-refractivity contribution in [3.05, 3.63) is 71.4 Å². The minimum absolute atomic E-state index is 0.184. The van der Waals surface area contributed by atoms with Crippen LogP contribution in [0.5, 0.6) is 5.75 Å². The zero-order chi connectivity index (χ0) is 23.7. The molecular weight excluding hydrogens is 434 g/mol. The molecule has 0 aliphatic heterocycles. The number of carbonyl (C=O) groups is 2. The number of amides is 1. The van der Waals surface area contributed by atoms with Crippen molar-refractivity contribution in [2.75, 3.05) is 19.0 Å². The van der Waals surface area contributed by atoms with Crippen LogP contribution in [-0.2, 0) is 9.53 Å². The summed E-state index contributed by atoms with van der Waals surface area (Å²) in [5, 5.41) is 7.82. The second-order valence-electron chi connectivity index (χ2n) is 8.24. The Morgan fingerprint density at radius 1 is 1.12 bits per heavy atom. The Balaban J connectivity index is 1.48. The fourth-order valence-corrected chi connectivity index (χ4v) is 3.79. The standard InChI is InChI=1S/C26H23N3O5/c1-15-12-18(33-14-22(30)32-2)10-11-20(15)27-25(31)19-13-21(16-8-9-16)28-26-23(19)24(29-34-26)17-6-4-3-5-7-17/h3-7,10-13,16H,8-9,14H2,1-2H3,(H,27,31). The Bertz CT molecular complexity index is 1380. The van der Waals surface area contributed by atoms with E-state index in [0.29, 0.717) is 39.7 Å². The summed E-state index contributed by atoms with van der Waals surface area (Å²) in [4.78, 5) is 29.4. The predicted molar refractivity (Wildman–Crippen MR) is 126 cm³/mol. The quantitative estimate of drug-likeness (QED) is 0.395. The molecule has 1 N–H and O–H groups in total. The van der Waals surface area contributed by atoms with E-state index in [-0.39, 0.29) is 12.5 Å². The van der Waals surface area contributed by atoms with Crippen molar-refractivity contribution in [1.82, 2.24) is 10.1 Å². The van der Waals surface area contributed by atoms with E-state index in [2.05, 4.69) is 20.2 Å². The van der Waals surface area contributed by atoms with Gasteiger partial charge >= 0.3 is 5.97 Å². The number of anilines is 1. The van der Waals surface area contributed by atoms with Gasteiger partial charge in [0.1, 0.15) is 11.4 Å². The summed E-state index contributed by atoms with van der Waals surface area (Å²) in [5.41, 5.74) is 4.52. The number of hydrogen-bond acceptors (Lipinski definition) is 7. The smallest absolute Gasteiger partial charge is 0.343 e. The Morgan fingerprint density at radius 2 is 1.91 bits per heavy atom. The number of aromatic nitrogens is 2. The monoisotopic (exact) mass is 457 g/mol. The summed E-state index contributed by atoms with van der Waals surface area (Å²) < 4.78 is 15.6. The topological polar surface area (TPSA) is 104 Å². The predicted octanol–water partition coefficient (Wildman–Crippen LogP) is 4.88. The number of rotatable bonds is 7. The van der Waals surface area contributed by atoms with Gasteiger partial charge in [-0.1, -0.05) is 35.5 Å². The van der Waals surface area contributed by atoms with E-state index in [1.54, 1.807) is 18.2 Å². The summed E-state index contributed by atoms with van der Waals surface area (Å²) >= 11 is 0. The lowest BCUT2D eigenvalue weighted by Crippen LogP contribution is -2.15. The number of nitrogens with one attached hydrogen (secondary N) is 1. The maximum absolute atomic E-state index is 13.5. The first-order valence-corrected chi connectivity index (χ1v) is 11.0. The molecule has 172 valence electrons. The Morgan fingerprint density at radius 3 is 2.62 bits per heavy atom. The number of esters is 1. The lowest BCUT2D eigenvalue weighted by molar-refractivity contribution is -0.142. The molecule has 1 aliphatic rings. The SMILES string of the molecule is COC(=O)COc1ccc(NC(=O)c2cc(C3CC3)nc3onc(-c4ccccc4)c23)c(C)c1. The van der Waals surface area contributed by atoms with E-state index < -0.39 is 5.97 Å². The largest absolute Gasteiger partial charge is 0.482 e. The van der Waals surface area contributed by atoms with E-state index in [0.717, 1.165) is 29.7 Å². The number of pyridine rings is 1. The zero-order valence-electron chi connectivity index (χ0n) is 18.8. The fraction of sp³-hybridized carbons (Fsp3) is 0.231. The molecule has 0 radical (unpaired) electrons. The van der Waals surface area contributed by atoms with Crippen LogP contribution in [0.15, 0.2) is 59.1 Å². The van der Waals surface area contributed by atoms with E-state index in [1.165, 1.54) is 7.11 Å². The van der Waals surface area contributed by atoms with Crippen molar-refractivity contribution in [3.8, 4) is 17.0 Å². The van der Waals surface area contributed by atoms with Gasteiger partial charge in [0.15, 0.2) is 6.61 Å². The lowest BCUT2D eigenvalue weighted by Gasteiger charge is -2.12. The van der Waals surface area contributed by atoms with Gasteiger partial charge in [-0.2, -0.15) is 0 Å². The number of aryl methyl sites for hydroxylation is 1. The first-order chi connectivity index (χ1) is 16.5. The molecule has 0 atom stereocenters. The van der Waals surface area contributed by atoms with E-state index >= 15 is 0 Å². The summed E-state index contributed by atoms with van der Waals surface area (Å²) in [7, 11) is 1.30. The van der Waals surface area contributed by atoms with Gasteiger partial charge in [0, 0.05) is 22.9 Å². The first kappa shape index (κ1) is 21.6. The maximum Gasteiger partial charge on any atom is 0.343 e. The number of fused-ring (bicyclic) bond motifs is 1. The van der Waals surface area contributed by atoms with Crippen molar-refractivity contribution in [1.29, 1.82) is 0 Å². The molecule has 0 unspecified atom stereocenters. The van der Waals surface area contributed by atoms with Crippen LogP contribution in [0.1, 0.15) is 40.4 Å². The van der Waals surface area contributed by atoms with E-state index in [1.807, 2.05) is 43.3 Å². The second kappa shape index (κ2) is 8.97. The molecule has 4 aromatic rings. The zero-order valence-corrected chi connectivity index (χ0v) is 18.8. The molecule has 5 rings (SSSR count). The number of benzene rings is 2. The van der Waals surface area contributed by atoms with Crippen LogP contribution < -0.4 is 10.1 Å². The molecule has 8 nitrogen and oxygen atoms in total. The van der Waals surface area contributed by atoms with Crippen molar-refractivity contribution < 1.29 is 23.6 Å². The van der Waals surface area contributed by atoms with Crippen LogP contribution in [0.4, 0.5) is 5.69 Å². The van der Waals surface area contributed by atoms with Crippen LogP contribution in [0.3, 0.4) is 0 Å². The average Bonchev–Trinajstić information content (AvgIpc) is 3.63. The molecule has 0 spiro atoms. The molecule has 1 fully saturated rings. The Hall–Kier alpha value is -4.20. The minimum Gasteiger partial charge on any atom is -0.482 e. The summed E-state index contributed by atoms with van der Waals surface area (Å²) in [6.45, 7) is 1.67. The van der Waals surface area contributed by atoms with Gasteiger partial charge in [-0.3, -0.25) is 4.79 Å². The third-order valence-corrected chi connectivity index (χ3v) is 5.78. The number of nitrogens with zero attached hydrogens (tertiary/aromatic N) is 2. The number of hydrogen-bond donors (Lipinski definition) is 1. The highest BCUT2D eigenvalue weighted by molar-refractivity contribution is 6.15. The Labute approximate surface area is 195 Å². The number of ether oxygens (including phenoxy) is 2. The maximum atomic E-state index is 13.5. The van der Waals surface area contributed by atoms with Crippen LogP contribution in [0, 0.1) is 6.92 Å². The third-order valence-electron chi connectivity index (χ3n) is 5.78. The highest BCUT2D eigenvalue weighted by Gasteiger charge is 2.29. The van der Waals surface area contributed by atoms with Crippen molar-refractivity contribution >= 4 is 28.7 Å². The van der Waals surface area contributed by atoms with Gasteiger partial charge in [0.2, 0.25) is 0 Å². The molecule has 1 aliphatic carbocycles. The van der Waals surface area contributed by atoms with Gasteiger partial charge in [0.25, 0.3) is 11.6 Å². The van der Waals surface area contributed by atoms with Crippen molar-refractivity contribution in [2.24, 2.45) is 0 Å². The molecule has 0 saturated heterocycles. The molecule has 2 aromatic heterocycles. The number of carbonyl (C=O) groups excluding carboxylic acids is 2. The molecule has 2 aromatic carbocycles. The highest BCUT2D eigenvalue weighted by Crippen LogP contribution is 2.41. The second-order valence-corrected chi connectivity index (χ2v) is 8.24. The molecule has 2 heterocycles. The summed E-state index contributed by atoms with van der Waals surface area (Å²) in [5.74, 6) is 0.106. The first-order valence-electron chi connectivity index (χ1n) is 11.0. The Kier molecular flexibility index (Phi) is 5.71. The van der Waals surface area contributed by atoms with E-state index in [4.69, 9.17) is 9.26 Å². The molecular formula is C26H23N3O5. The third kappa shape index (κ3) is 4.34. The number of methoxy groups -OCH3 is 1. The van der Waals surface area contributed by atoms with Crippen LogP contribution in [0.25, 0.3) is 22.4 Å². The summed E-state index contributed by atoms with van der Waals surface area (Å²) in [6.07, 6.45) is 2.09. The molecule has 8 heteroatoms. The average molecular weight is 457 g/mol. The van der Waals surface area contributed by atoms with Gasteiger partial charge < -0.3 is 19.3 Å². The van der Waals surface area contributed by atoms with Crippen LogP contribution in [0.2, 0.25) is 0 Å². The summed E-state index contributed by atoms with van der Waals surface area (Å²) in [6, 6.07) is 16.6. The van der Waals surface area contributed by atoms with Gasteiger partial charge in [0.05, 0.1) is 18.1 Å². The van der Waals surface area contributed by atoms with Gasteiger partial charge in [-0.25, -0.2) is 9.78 Å². The molecule has 34 heavy (non-hydrogen) atoms. The van der Waals surface area contributed by atoms with Gasteiger partial charge in [-0.05, 0) is 49.6 Å². The van der Waals surface area contributed by atoms with Gasteiger partial charge in [-0.15, -0.1) is 0 Å². The van der Waals surface area contributed by atoms with Crippen LogP contribution in [-0.4, -0.2) is 35.7 Å². The van der Waals surface area contributed by atoms with Crippen LogP contribution >= 0.6 is 0 Å². The highest BCUT2D eigenvalue weighted by atomic mass is 16.6. The molecule has 1 amide bonds. The van der Waals surface area contributed by atoms with E-state index in [9.17, 15) is 9.59 Å². The lowest BCUT2D eigenvalue weighted by atomic mass is 10.0. The fourth-order valence-electron chi connectivity index (χ4n) is 3.79. The minimum atomic E-state index is -0.467. The normalized spacial score (nSPS) is 13.0. The van der Waals surface area contributed by atoms with Crippen molar-refractivity contribution in [2.45, 2.75) is 25.7 Å². The molecule has 0 bridgehead atoms. The van der Waals surface area contributed by atoms with Crippen molar-refractivity contribution in [3.63, 3.8) is 0 Å². The molecule has 1 saturated carbocycles.